The Morgan fingerprint density at radius 3 is 2.24 bits per heavy atom. The van der Waals surface area contributed by atoms with E-state index in [1.54, 1.807) is 0 Å². The number of benzene rings is 2. The Hall–Kier alpha value is -1.86. The molecule has 2 aromatic carbocycles. The lowest BCUT2D eigenvalue weighted by molar-refractivity contribution is 0.572. The molecule has 1 nitrogen and oxygen atoms in total. The van der Waals surface area contributed by atoms with E-state index in [1.807, 2.05) is 24.4 Å². The van der Waals surface area contributed by atoms with Crippen molar-refractivity contribution in [2.75, 3.05) is 0 Å². The fourth-order valence-corrected chi connectivity index (χ4v) is 2.90. The minimum absolute atomic E-state index is 0.0261. The summed E-state index contributed by atoms with van der Waals surface area (Å²) in [5, 5.41) is 2.91. The Balaban J connectivity index is 2.45. The predicted octanol–water partition coefficient (Wildman–Crippen LogP) is 5.85. The summed E-state index contributed by atoms with van der Waals surface area (Å²) < 4.78 is 0. The maximum atomic E-state index is 6.34. The maximum absolute atomic E-state index is 6.34. The summed E-state index contributed by atoms with van der Waals surface area (Å²) in [5.41, 5.74) is 3.44. The predicted molar refractivity (Wildman–Crippen MR) is 90.9 cm³/mol. The Labute approximate surface area is 130 Å². The lowest BCUT2D eigenvalue weighted by atomic mass is 9.84. The molecule has 0 spiro atoms. The molecule has 3 rings (SSSR count). The second-order valence-electron chi connectivity index (χ2n) is 6.30. The molecule has 0 aliphatic heterocycles. The second kappa shape index (κ2) is 5.16. The molecule has 0 fully saturated rings. The van der Waals surface area contributed by atoms with Gasteiger partial charge in [0.2, 0.25) is 0 Å². The largest absolute Gasteiger partial charge is 0.259 e. The first-order valence-electron chi connectivity index (χ1n) is 7.11. The summed E-state index contributed by atoms with van der Waals surface area (Å²) >= 11 is 6.34. The molecule has 106 valence electrons. The smallest absolute Gasteiger partial charge is 0.0541 e. The van der Waals surface area contributed by atoms with Crippen LogP contribution in [0.5, 0.6) is 0 Å². The summed E-state index contributed by atoms with van der Waals surface area (Å²) in [6.45, 7) is 6.58. The van der Waals surface area contributed by atoms with E-state index in [0.717, 1.165) is 21.5 Å². The van der Waals surface area contributed by atoms with Crippen molar-refractivity contribution in [1.82, 2.24) is 4.98 Å². The molecule has 0 aliphatic rings. The van der Waals surface area contributed by atoms with Gasteiger partial charge >= 0.3 is 0 Å². The number of pyridine rings is 1. The number of hydrogen-bond acceptors (Lipinski definition) is 1. The molecule has 0 unspecified atom stereocenters. The number of fused-ring (bicyclic) bond motifs is 1. The van der Waals surface area contributed by atoms with Crippen LogP contribution < -0.4 is 0 Å². The summed E-state index contributed by atoms with van der Waals surface area (Å²) in [5.74, 6) is 0. The molecule has 1 heterocycles. The Bertz CT molecular complexity index is 786. The minimum atomic E-state index is -0.0261. The first-order valence-corrected chi connectivity index (χ1v) is 7.49. The number of rotatable bonds is 1. The van der Waals surface area contributed by atoms with E-state index >= 15 is 0 Å². The molecule has 21 heavy (non-hydrogen) atoms. The van der Waals surface area contributed by atoms with E-state index in [4.69, 9.17) is 16.6 Å². The van der Waals surface area contributed by atoms with Crippen LogP contribution in [0.1, 0.15) is 26.5 Å². The van der Waals surface area contributed by atoms with Crippen molar-refractivity contribution >= 4 is 22.4 Å². The van der Waals surface area contributed by atoms with E-state index in [2.05, 4.69) is 51.1 Å². The van der Waals surface area contributed by atoms with E-state index < -0.39 is 0 Å². The molecule has 0 saturated carbocycles. The van der Waals surface area contributed by atoms with Crippen molar-refractivity contribution in [2.24, 2.45) is 0 Å². The van der Waals surface area contributed by atoms with Gasteiger partial charge in [0.1, 0.15) is 0 Å². The van der Waals surface area contributed by atoms with Crippen molar-refractivity contribution in [1.29, 1.82) is 0 Å². The molecule has 1 aromatic heterocycles. The fraction of sp³-hybridized carbons (Fsp3) is 0.211. The highest BCUT2D eigenvalue weighted by atomic mass is 35.5. The average Bonchev–Trinajstić information content (AvgIpc) is 2.46. The fourth-order valence-electron chi connectivity index (χ4n) is 2.67. The van der Waals surface area contributed by atoms with Crippen LogP contribution in [-0.2, 0) is 5.41 Å². The Morgan fingerprint density at radius 1 is 0.857 bits per heavy atom. The molecule has 0 saturated heterocycles. The van der Waals surface area contributed by atoms with E-state index in [9.17, 15) is 0 Å². The van der Waals surface area contributed by atoms with Gasteiger partial charge in [-0.25, -0.2) is 0 Å². The van der Waals surface area contributed by atoms with E-state index in [-0.39, 0.29) is 5.41 Å². The number of halogens is 1. The number of nitrogens with zero attached hydrogens (tertiary/aromatic N) is 1. The average molecular weight is 296 g/mol. The van der Waals surface area contributed by atoms with Gasteiger partial charge in [0, 0.05) is 27.6 Å². The Morgan fingerprint density at radius 2 is 1.57 bits per heavy atom. The van der Waals surface area contributed by atoms with Crippen LogP contribution >= 0.6 is 11.6 Å². The van der Waals surface area contributed by atoms with Crippen LogP contribution in [0.25, 0.3) is 21.9 Å². The highest BCUT2D eigenvalue weighted by Gasteiger charge is 2.22. The van der Waals surface area contributed by atoms with Gasteiger partial charge in [-0.2, -0.15) is 0 Å². The molecule has 0 radical (unpaired) electrons. The maximum Gasteiger partial charge on any atom is 0.0541 e. The molecular weight excluding hydrogens is 278 g/mol. The molecule has 0 amide bonds. The topological polar surface area (TPSA) is 12.9 Å². The minimum Gasteiger partial charge on any atom is -0.259 e. The van der Waals surface area contributed by atoms with Gasteiger partial charge in [-0.15, -0.1) is 0 Å². The number of aromatic nitrogens is 1. The first kappa shape index (κ1) is 14.1. The van der Waals surface area contributed by atoms with Crippen molar-refractivity contribution in [2.45, 2.75) is 26.2 Å². The van der Waals surface area contributed by atoms with Gasteiger partial charge in [0.05, 0.1) is 5.69 Å². The van der Waals surface area contributed by atoms with Crippen LogP contribution in [0.3, 0.4) is 0 Å². The summed E-state index contributed by atoms with van der Waals surface area (Å²) in [7, 11) is 0. The molecule has 2 heteroatoms. The van der Waals surface area contributed by atoms with Crippen LogP contribution in [-0.4, -0.2) is 4.98 Å². The zero-order valence-electron chi connectivity index (χ0n) is 12.5. The third-order valence-electron chi connectivity index (χ3n) is 3.65. The van der Waals surface area contributed by atoms with E-state index in [1.165, 1.54) is 11.1 Å². The first-order chi connectivity index (χ1) is 9.98. The van der Waals surface area contributed by atoms with Crippen molar-refractivity contribution < 1.29 is 0 Å². The highest BCUT2D eigenvalue weighted by molar-refractivity contribution is 6.35. The van der Waals surface area contributed by atoms with Crippen LogP contribution in [0, 0.1) is 0 Å². The number of hydrogen-bond donors (Lipinski definition) is 0. The van der Waals surface area contributed by atoms with Crippen molar-refractivity contribution in [3.05, 3.63) is 65.4 Å². The van der Waals surface area contributed by atoms with Gasteiger partial charge in [0.15, 0.2) is 0 Å². The summed E-state index contributed by atoms with van der Waals surface area (Å²) in [4.78, 5) is 4.73. The van der Waals surface area contributed by atoms with Gasteiger partial charge in [-0.05, 0) is 17.0 Å². The van der Waals surface area contributed by atoms with Crippen LogP contribution in [0.15, 0.2) is 54.7 Å². The van der Waals surface area contributed by atoms with Gasteiger partial charge in [-0.1, -0.05) is 74.8 Å². The standard InChI is InChI=1S/C19H18ClN/c1-19(2,3)18-17(13-8-5-4-6-9-13)14-10-7-11-16(20)15(14)12-21-18/h4-12H,1-3H3. The quantitative estimate of drug-likeness (QED) is 0.548. The van der Waals surface area contributed by atoms with Crippen LogP contribution in [0.4, 0.5) is 0 Å². The van der Waals surface area contributed by atoms with Crippen LogP contribution in [0.2, 0.25) is 5.02 Å². The third-order valence-corrected chi connectivity index (χ3v) is 3.98. The van der Waals surface area contributed by atoms with Crippen molar-refractivity contribution in [3.63, 3.8) is 0 Å². The molecule has 0 bridgehead atoms. The summed E-state index contributed by atoms with van der Waals surface area (Å²) in [6.07, 6.45) is 1.89. The molecule has 0 atom stereocenters. The van der Waals surface area contributed by atoms with E-state index in [0.29, 0.717) is 0 Å². The lowest BCUT2D eigenvalue weighted by Gasteiger charge is -2.23. The third kappa shape index (κ3) is 2.54. The van der Waals surface area contributed by atoms with Gasteiger partial charge in [-0.3, -0.25) is 4.98 Å². The zero-order chi connectivity index (χ0) is 15.0. The second-order valence-corrected chi connectivity index (χ2v) is 6.71. The molecule has 3 aromatic rings. The molecule has 0 N–H and O–H groups in total. The Kier molecular flexibility index (Phi) is 3.46. The normalized spacial score (nSPS) is 11.8. The monoisotopic (exact) mass is 295 g/mol. The van der Waals surface area contributed by atoms with Gasteiger partial charge < -0.3 is 0 Å². The van der Waals surface area contributed by atoms with Gasteiger partial charge in [0.25, 0.3) is 0 Å². The molecule has 0 aliphatic carbocycles. The lowest BCUT2D eigenvalue weighted by Crippen LogP contribution is -2.15. The molecular formula is C19H18ClN. The van der Waals surface area contributed by atoms with Crippen molar-refractivity contribution in [3.8, 4) is 11.1 Å². The summed E-state index contributed by atoms with van der Waals surface area (Å²) in [6, 6.07) is 16.5. The zero-order valence-corrected chi connectivity index (χ0v) is 13.3. The highest BCUT2D eigenvalue weighted by Crippen LogP contribution is 2.38. The SMILES string of the molecule is CC(C)(C)c1ncc2c(Cl)cccc2c1-c1ccccc1.